The predicted molar refractivity (Wildman–Crippen MR) is 138 cm³/mol. The van der Waals surface area contributed by atoms with Gasteiger partial charge in [0.25, 0.3) is 0 Å². The van der Waals surface area contributed by atoms with Crippen LogP contribution in [-0.2, 0) is 6.42 Å². The molecule has 0 saturated heterocycles. The Morgan fingerprint density at radius 2 is 1.80 bits per heavy atom. The molecule has 2 heterocycles. The van der Waals surface area contributed by atoms with E-state index in [4.69, 9.17) is 0 Å². The van der Waals surface area contributed by atoms with Crippen LogP contribution in [0.2, 0.25) is 0 Å². The molecule has 5 aromatic rings. The van der Waals surface area contributed by atoms with Crippen LogP contribution in [0.15, 0.2) is 97.5 Å². The number of ketones is 1. The molecule has 0 aliphatic rings. The quantitative estimate of drug-likeness (QED) is 0.261. The van der Waals surface area contributed by atoms with Crippen LogP contribution in [0.1, 0.15) is 33.1 Å². The molecule has 35 heavy (non-hydrogen) atoms. The smallest absolute Gasteiger partial charge is 0.186 e. The number of aryl methyl sites for hydroxylation is 1. The second kappa shape index (κ2) is 10.0. The molecule has 5 rings (SSSR count). The van der Waals surface area contributed by atoms with Gasteiger partial charge in [0, 0.05) is 47.2 Å². The molecule has 0 aliphatic carbocycles. The first kappa shape index (κ1) is 22.7. The van der Waals surface area contributed by atoms with Gasteiger partial charge in [-0.25, -0.2) is 4.39 Å². The van der Waals surface area contributed by atoms with E-state index in [1.165, 1.54) is 12.1 Å². The van der Waals surface area contributed by atoms with E-state index in [1.807, 2.05) is 60.9 Å². The van der Waals surface area contributed by atoms with Crippen LogP contribution in [0.25, 0.3) is 22.0 Å². The molecule has 0 unspecified atom stereocenters. The van der Waals surface area contributed by atoms with Gasteiger partial charge in [-0.05, 0) is 53.8 Å². The highest BCUT2D eigenvalue weighted by Gasteiger charge is 2.24. The van der Waals surface area contributed by atoms with Crippen molar-refractivity contribution in [1.29, 1.82) is 0 Å². The molecule has 0 saturated carbocycles. The summed E-state index contributed by atoms with van der Waals surface area (Å²) in [7, 11) is 0. The maximum Gasteiger partial charge on any atom is 0.186 e. The predicted octanol–water partition coefficient (Wildman–Crippen LogP) is 6.43. The molecular formula is C30H26FN3O. The van der Waals surface area contributed by atoms with E-state index >= 15 is 0 Å². The second-order valence-corrected chi connectivity index (χ2v) is 8.64. The van der Waals surface area contributed by atoms with E-state index in [-0.39, 0.29) is 11.6 Å². The Labute approximate surface area is 203 Å². The molecule has 0 radical (unpaired) electrons. The molecule has 4 nitrogen and oxygen atoms in total. The normalized spacial score (nSPS) is 12.1. The number of nitrogens with one attached hydrogen (secondary N) is 2. The molecule has 0 fully saturated rings. The maximum absolute atomic E-state index is 13.8. The van der Waals surface area contributed by atoms with Crippen LogP contribution >= 0.6 is 0 Å². The Morgan fingerprint density at radius 3 is 2.54 bits per heavy atom. The molecule has 3 aromatic carbocycles. The van der Waals surface area contributed by atoms with E-state index in [2.05, 4.69) is 28.3 Å². The average Bonchev–Trinajstić information content (AvgIpc) is 3.34. The number of rotatable bonds is 8. The van der Waals surface area contributed by atoms with Crippen LogP contribution in [0, 0.1) is 12.7 Å². The van der Waals surface area contributed by atoms with Gasteiger partial charge < -0.3 is 10.3 Å². The number of hydrogen-bond acceptors (Lipinski definition) is 3. The lowest BCUT2D eigenvalue weighted by Gasteiger charge is -2.18. The van der Waals surface area contributed by atoms with Gasteiger partial charge in [0.2, 0.25) is 0 Å². The van der Waals surface area contributed by atoms with Crippen molar-refractivity contribution >= 4 is 16.7 Å². The third-order valence-electron chi connectivity index (χ3n) is 6.42. The van der Waals surface area contributed by atoms with Crippen molar-refractivity contribution < 1.29 is 9.18 Å². The lowest BCUT2D eigenvalue weighted by Crippen LogP contribution is -2.30. The third-order valence-corrected chi connectivity index (χ3v) is 6.42. The number of pyridine rings is 1. The first-order valence-corrected chi connectivity index (χ1v) is 11.7. The van der Waals surface area contributed by atoms with Crippen molar-refractivity contribution in [2.24, 2.45) is 0 Å². The molecule has 0 amide bonds. The van der Waals surface area contributed by atoms with Crippen LogP contribution in [0.5, 0.6) is 0 Å². The summed E-state index contributed by atoms with van der Waals surface area (Å²) in [6.45, 7) is 2.65. The summed E-state index contributed by atoms with van der Waals surface area (Å²) in [6, 6.07) is 23.8. The lowest BCUT2D eigenvalue weighted by atomic mass is 9.94. The Kier molecular flexibility index (Phi) is 6.51. The van der Waals surface area contributed by atoms with Gasteiger partial charge in [-0.3, -0.25) is 9.78 Å². The average molecular weight is 464 g/mol. The van der Waals surface area contributed by atoms with Gasteiger partial charge in [0.05, 0.1) is 6.04 Å². The first-order chi connectivity index (χ1) is 17.1. The Hall–Kier alpha value is -4.09. The van der Waals surface area contributed by atoms with Crippen molar-refractivity contribution in [2.75, 3.05) is 6.54 Å². The number of benzene rings is 3. The van der Waals surface area contributed by atoms with E-state index in [9.17, 15) is 9.18 Å². The van der Waals surface area contributed by atoms with Crippen LogP contribution in [0.4, 0.5) is 4.39 Å². The highest BCUT2D eigenvalue weighted by molar-refractivity contribution is 6.11. The Balaban J connectivity index is 1.44. The zero-order valence-electron chi connectivity index (χ0n) is 19.5. The standard InChI is InChI=1S/C30H26FN3O/c1-20-25(23-8-5-16-32-18-23)13-14-26-27(19-34-28(20)26)30(35)29(22-6-3-2-4-7-22)33-17-15-21-9-11-24(31)12-10-21/h2-14,16,18-19,29,33-34H,15,17H2,1H3/t29-/m1/s1. The number of aromatic nitrogens is 2. The zero-order valence-corrected chi connectivity index (χ0v) is 19.5. The third kappa shape index (κ3) is 4.77. The highest BCUT2D eigenvalue weighted by Crippen LogP contribution is 2.32. The molecule has 2 N–H and O–H groups in total. The number of nitrogens with zero attached hydrogens (tertiary/aromatic N) is 1. The molecule has 0 bridgehead atoms. The summed E-state index contributed by atoms with van der Waals surface area (Å²) < 4.78 is 13.2. The fourth-order valence-electron chi connectivity index (χ4n) is 4.56. The minimum absolute atomic E-state index is 0.00934. The topological polar surface area (TPSA) is 57.8 Å². The fourth-order valence-corrected chi connectivity index (χ4v) is 4.56. The van der Waals surface area contributed by atoms with Crippen molar-refractivity contribution in [3.05, 3.63) is 126 Å². The summed E-state index contributed by atoms with van der Waals surface area (Å²) in [6.07, 6.45) is 6.11. The van der Waals surface area contributed by atoms with Gasteiger partial charge in [-0.1, -0.05) is 60.7 Å². The van der Waals surface area contributed by atoms with Gasteiger partial charge in [0.1, 0.15) is 5.82 Å². The number of halogens is 1. The van der Waals surface area contributed by atoms with Crippen LogP contribution in [0.3, 0.4) is 0 Å². The van der Waals surface area contributed by atoms with E-state index in [1.54, 1.807) is 18.3 Å². The van der Waals surface area contributed by atoms with E-state index < -0.39 is 6.04 Å². The molecule has 5 heteroatoms. The zero-order chi connectivity index (χ0) is 24.2. The summed E-state index contributed by atoms with van der Waals surface area (Å²) in [5.41, 5.74) is 6.74. The number of H-pyrrole nitrogens is 1. The number of aromatic amines is 1. The summed E-state index contributed by atoms with van der Waals surface area (Å²) >= 11 is 0. The SMILES string of the molecule is Cc1c(-c2cccnc2)ccc2c(C(=O)[C@H](NCCc3ccc(F)cc3)c3ccccc3)c[nH]c12. The number of Topliss-reactive ketones (excluding diaryl/α,β-unsaturated/α-hetero) is 1. The van der Waals surface area contributed by atoms with Crippen molar-refractivity contribution in [3.63, 3.8) is 0 Å². The van der Waals surface area contributed by atoms with Crippen molar-refractivity contribution in [2.45, 2.75) is 19.4 Å². The van der Waals surface area contributed by atoms with Crippen LogP contribution in [-0.4, -0.2) is 22.3 Å². The Morgan fingerprint density at radius 1 is 1.00 bits per heavy atom. The molecule has 0 aliphatic heterocycles. The van der Waals surface area contributed by atoms with Crippen molar-refractivity contribution in [1.82, 2.24) is 15.3 Å². The van der Waals surface area contributed by atoms with Crippen molar-refractivity contribution in [3.8, 4) is 11.1 Å². The van der Waals surface area contributed by atoms with Gasteiger partial charge in [-0.2, -0.15) is 0 Å². The summed E-state index contributed by atoms with van der Waals surface area (Å²) in [5.74, 6) is -0.240. The number of fused-ring (bicyclic) bond motifs is 1. The van der Waals surface area contributed by atoms with Crippen LogP contribution < -0.4 is 5.32 Å². The molecule has 1 atom stereocenters. The minimum Gasteiger partial charge on any atom is -0.360 e. The number of carbonyl (C=O) groups excluding carboxylic acids is 1. The summed E-state index contributed by atoms with van der Waals surface area (Å²) in [4.78, 5) is 21.4. The van der Waals surface area contributed by atoms with E-state index in [0.29, 0.717) is 18.5 Å². The molecule has 0 spiro atoms. The minimum atomic E-state index is -0.492. The first-order valence-electron chi connectivity index (χ1n) is 11.7. The molecule has 2 aromatic heterocycles. The Bertz CT molecular complexity index is 1440. The molecular weight excluding hydrogens is 437 g/mol. The second-order valence-electron chi connectivity index (χ2n) is 8.64. The summed E-state index contributed by atoms with van der Waals surface area (Å²) in [5, 5.41) is 4.34. The lowest BCUT2D eigenvalue weighted by molar-refractivity contribution is 0.0945. The van der Waals surface area contributed by atoms with Gasteiger partial charge >= 0.3 is 0 Å². The molecule has 174 valence electrons. The monoisotopic (exact) mass is 463 g/mol. The number of hydrogen-bond donors (Lipinski definition) is 2. The van der Waals surface area contributed by atoms with Gasteiger partial charge in [-0.15, -0.1) is 0 Å². The largest absolute Gasteiger partial charge is 0.360 e. The maximum atomic E-state index is 13.8. The van der Waals surface area contributed by atoms with E-state index in [0.717, 1.165) is 38.7 Å². The van der Waals surface area contributed by atoms with Gasteiger partial charge in [0.15, 0.2) is 5.78 Å². The fraction of sp³-hybridized carbons (Fsp3) is 0.133. The number of carbonyl (C=O) groups is 1. The highest BCUT2D eigenvalue weighted by atomic mass is 19.1.